The summed E-state index contributed by atoms with van der Waals surface area (Å²) in [6.07, 6.45) is 3.48. The zero-order chi connectivity index (χ0) is 13.0. The fourth-order valence-corrected chi connectivity index (χ4v) is 1.77. The molecule has 1 N–H and O–H groups in total. The second-order valence-electron chi connectivity index (χ2n) is 5.45. The van der Waals surface area contributed by atoms with Crippen LogP contribution in [-0.2, 0) is 9.59 Å². The number of carbonyl (C=O) groups excluding carboxylic acids is 1. The summed E-state index contributed by atoms with van der Waals surface area (Å²) in [6.45, 7) is 6.20. The van der Waals surface area contributed by atoms with Gasteiger partial charge in [0.15, 0.2) is 0 Å². The standard InChI is InChI=1S/C13H23NO3/c1-9(2)4-7-12(15)14(11-5-6-11)8-10(3)13(16)17/h9-11H,4-8H2,1-3H3,(H,16,17). The molecule has 4 heteroatoms. The summed E-state index contributed by atoms with van der Waals surface area (Å²) in [5.74, 6) is -0.669. The van der Waals surface area contributed by atoms with Crippen molar-refractivity contribution in [1.82, 2.24) is 4.90 Å². The predicted octanol–water partition coefficient (Wildman–Crippen LogP) is 2.13. The normalized spacial score (nSPS) is 16.9. The first-order valence-corrected chi connectivity index (χ1v) is 6.44. The third-order valence-corrected chi connectivity index (χ3v) is 3.14. The lowest BCUT2D eigenvalue weighted by Crippen LogP contribution is -2.38. The number of nitrogens with zero attached hydrogens (tertiary/aromatic N) is 1. The summed E-state index contributed by atoms with van der Waals surface area (Å²) >= 11 is 0. The highest BCUT2D eigenvalue weighted by atomic mass is 16.4. The molecule has 1 saturated carbocycles. The van der Waals surface area contributed by atoms with Crippen molar-refractivity contribution in [3.63, 3.8) is 0 Å². The van der Waals surface area contributed by atoms with Crippen LogP contribution in [0.3, 0.4) is 0 Å². The third kappa shape index (κ3) is 4.75. The topological polar surface area (TPSA) is 57.6 Å². The Bertz CT molecular complexity index is 284. The van der Waals surface area contributed by atoms with Gasteiger partial charge in [0, 0.05) is 19.0 Å². The van der Waals surface area contributed by atoms with Crippen molar-refractivity contribution in [2.75, 3.05) is 6.54 Å². The Kier molecular flexibility index (Phi) is 4.97. The number of hydrogen-bond donors (Lipinski definition) is 1. The van der Waals surface area contributed by atoms with Crippen molar-refractivity contribution in [3.05, 3.63) is 0 Å². The molecule has 1 aliphatic rings. The minimum absolute atomic E-state index is 0.120. The van der Waals surface area contributed by atoms with Crippen LogP contribution in [0.5, 0.6) is 0 Å². The molecule has 0 radical (unpaired) electrons. The minimum Gasteiger partial charge on any atom is -0.481 e. The van der Waals surface area contributed by atoms with E-state index in [4.69, 9.17) is 5.11 Å². The van der Waals surface area contributed by atoms with Crippen LogP contribution in [0.15, 0.2) is 0 Å². The van der Waals surface area contributed by atoms with Crippen LogP contribution in [0, 0.1) is 11.8 Å². The Hall–Kier alpha value is -1.06. The van der Waals surface area contributed by atoms with Gasteiger partial charge in [-0.3, -0.25) is 9.59 Å². The molecular formula is C13H23NO3. The summed E-state index contributed by atoms with van der Waals surface area (Å²) in [5, 5.41) is 8.90. The zero-order valence-electron chi connectivity index (χ0n) is 11.0. The van der Waals surface area contributed by atoms with E-state index in [1.54, 1.807) is 11.8 Å². The van der Waals surface area contributed by atoms with Gasteiger partial charge in [0.1, 0.15) is 0 Å². The van der Waals surface area contributed by atoms with E-state index >= 15 is 0 Å². The van der Waals surface area contributed by atoms with Crippen LogP contribution >= 0.6 is 0 Å². The van der Waals surface area contributed by atoms with Crippen molar-refractivity contribution >= 4 is 11.9 Å². The van der Waals surface area contributed by atoms with E-state index in [1.165, 1.54) is 0 Å². The highest BCUT2D eigenvalue weighted by Gasteiger charge is 2.34. The number of carboxylic acids is 1. The van der Waals surface area contributed by atoms with Gasteiger partial charge in [-0.05, 0) is 25.2 Å². The fourth-order valence-electron chi connectivity index (χ4n) is 1.77. The Labute approximate surface area is 103 Å². The molecule has 1 aliphatic carbocycles. The largest absolute Gasteiger partial charge is 0.481 e. The van der Waals surface area contributed by atoms with E-state index < -0.39 is 11.9 Å². The van der Waals surface area contributed by atoms with Gasteiger partial charge in [-0.25, -0.2) is 0 Å². The second kappa shape index (κ2) is 6.03. The number of amides is 1. The molecule has 98 valence electrons. The maximum atomic E-state index is 12.0. The molecule has 17 heavy (non-hydrogen) atoms. The first kappa shape index (κ1) is 14.0. The summed E-state index contributed by atoms with van der Waals surface area (Å²) < 4.78 is 0. The van der Waals surface area contributed by atoms with E-state index in [0.717, 1.165) is 19.3 Å². The van der Waals surface area contributed by atoms with Gasteiger partial charge in [0.05, 0.1) is 5.92 Å². The Morgan fingerprint density at radius 1 is 1.29 bits per heavy atom. The van der Waals surface area contributed by atoms with Crippen molar-refractivity contribution in [1.29, 1.82) is 0 Å². The lowest BCUT2D eigenvalue weighted by atomic mass is 10.1. The third-order valence-electron chi connectivity index (χ3n) is 3.14. The predicted molar refractivity (Wildman–Crippen MR) is 65.6 cm³/mol. The molecule has 1 atom stereocenters. The average molecular weight is 241 g/mol. The van der Waals surface area contributed by atoms with Crippen LogP contribution < -0.4 is 0 Å². The van der Waals surface area contributed by atoms with Crippen LogP contribution in [0.1, 0.15) is 46.5 Å². The molecular weight excluding hydrogens is 218 g/mol. The molecule has 0 saturated heterocycles. The molecule has 1 amide bonds. The van der Waals surface area contributed by atoms with Gasteiger partial charge >= 0.3 is 5.97 Å². The summed E-state index contributed by atoms with van der Waals surface area (Å²) in [5.41, 5.74) is 0. The SMILES string of the molecule is CC(C)CCC(=O)N(CC(C)C(=O)O)C1CC1. The van der Waals surface area contributed by atoms with E-state index in [-0.39, 0.29) is 5.91 Å². The van der Waals surface area contributed by atoms with Crippen LogP contribution in [0.25, 0.3) is 0 Å². The van der Waals surface area contributed by atoms with Crippen LogP contribution in [0.4, 0.5) is 0 Å². The molecule has 0 aliphatic heterocycles. The Morgan fingerprint density at radius 2 is 1.88 bits per heavy atom. The van der Waals surface area contributed by atoms with Crippen LogP contribution in [0.2, 0.25) is 0 Å². The summed E-state index contributed by atoms with van der Waals surface area (Å²) in [6, 6.07) is 0.302. The quantitative estimate of drug-likeness (QED) is 0.743. The minimum atomic E-state index is -0.827. The number of hydrogen-bond acceptors (Lipinski definition) is 2. The molecule has 1 fully saturated rings. The van der Waals surface area contributed by atoms with Crippen molar-refractivity contribution in [2.24, 2.45) is 11.8 Å². The van der Waals surface area contributed by atoms with Crippen molar-refractivity contribution < 1.29 is 14.7 Å². The molecule has 0 spiro atoms. The van der Waals surface area contributed by atoms with Crippen molar-refractivity contribution in [2.45, 2.75) is 52.5 Å². The molecule has 1 rings (SSSR count). The number of rotatable bonds is 7. The summed E-state index contributed by atoms with van der Waals surface area (Å²) in [4.78, 5) is 24.6. The number of aliphatic carboxylic acids is 1. The Balaban J connectivity index is 2.47. The maximum Gasteiger partial charge on any atom is 0.308 e. The van der Waals surface area contributed by atoms with Gasteiger partial charge in [0.25, 0.3) is 0 Å². The van der Waals surface area contributed by atoms with Crippen LogP contribution in [-0.4, -0.2) is 34.5 Å². The Morgan fingerprint density at radius 3 is 2.29 bits per heavy atom. The second-order valence-corrected chi connectivity index (χ2v) is 5.45. The highest BCUT2D eigenvalue weighted by molar-refractivity contribution is 5.78. The maximum absolute atomic E-state index is 12.0. The van der Waals surface area contributed by atoms with E-state index in [0.29, 0.717) is 24.9 Å². The van der Waals surface area contributed by atoms with Gasteiger partial charge in [-0.1, -0.05) is 20.8 Å². The molecule has 0 heterocycles. The molecule has 1 unspecified atom stereocenters. The van der Waals surface area contributed by atoms with Crippen molar-refractivity contribution in [3.8, 4) is 0 Å². The molecule has 0 bridgehead atoms. The number of carboxylic acid groups (broad SMARTS) is 1. The van der Waals surface area contributed by atoms with E-state index in [1.807, 2.05) is 0 Å². The number of carbonyl (C=O) groups is 2. The van der Waals surface area contributed by atoms with Gasteiger partial charge in [-0.2, -0.15) is 0 Å². The average Bonchev–Trinajstić information content (AvgIpc) is 3.05. The monoisotopic (exact) mass is 241 g/mol. The van der Waals surface area contributed by atoms with E-state index in [2.05, 4.69) is 13.8 Å². The summed E-state index contributed by atoms with van der Waals surface area (Å²) in [7, 11) is 0. The first-order valence-electron chi connectivity index (χ1n) is 6.44. The zero-order valence-corrected chi connectivity index (χ0v) is 11.0. The van der Waals surface area contributed by atoms with Gasteiger partial charge in [0.2, 0.25) is 5.91 Å². The van der Waals surface area contributed by atoms with Gasteiger partial charge in [-0.15, -0.1) is 0 Å². The molecule has 4 nitrogen and oxygen atoms in total. The molecule has 0 aromatic carbocycles. The molecule has 0 aromatic rings. The lowest BCUT2D eigenvalue weighted by Gasteiger charge is -2.24. The fraction of sp³-hybridized carbons (Fsp3) is 0.846. The lowest BCUT2D eigenvalue weighted by molar-refractivity contribution is -0.143. The smallest absolute Gasteiger partial charge is 0.308 e. The molecule has 0 aromatic heterocycles. The highest BCUT2D eigenvalue weighted by Crippen LogP contribution is 2.28. The first-order chi connectivity index (χ1) is 7.91. The van der Waals surface area contributed by atoms with E-state index in [9.17, 15) is 9.59 Å². The van der Waals surface area contributed by atoms with Gasteiger partial charge < -0.3 is 10.0 Å².